The lowest BCUT2D eigenvalue weighted by Gasteiger charge is -2.31. The highest BCUT2D eigenvalue weighted by molar-refractivity contribution is 6.30. The number of halogens is 1. The maximum Gasteiger partial charge on any atom is 0.228 e. The number of benzene rings is 3. The van der Waals surface area contributed by atoms with Gasteiger partial charge in [-0.15, -0.1) is 0 Å². The third kappa shape index (κ3) is 5.16. The number of piperidine rings is 1. The first kappa shape index (κ1) is 22.6. The van der Waals surface area contributed by atoms with Crippen molar-refractivity contribution >= 4 is 34.2 Å². The van der Waals surface area contributed by atoms with E-state index in [2.05, 4.69) is 45.1 Å². The molecule has 0 unspecified atom stereocenters. The number of carbonyl (C=O) groups excluding carboxylic acids is 1. The number of para-hydroxylation sites is 2. The van der Waals surface area contributed by atoms with Crippen LogP contribution < -0.4 is 5.32 Å². The molecule has 34 heavy (non-hydrogen) atoms. The first-order valence-corrected chi connectivity index (χ1v) is 12.2. The number of aryl methyl sites for hydroxylation is 1. The molecule has 1 aliphatic rings. The van der Waals surface area contributed by atoms with Gasteiger partial charge in [0.2, 0.25) is 5.91 Å². The minimum atomic E-state index is -0.0239. The quantitative estimate of drug-likeness (QED) is 0.380. The molecule has 1 saturated heterocycles. The fourth-order valence-electron chi connectivity index (χ4n) is 4.69. The lowest BCUT2D eigenvalue weighted by Crippen LogP contribution is -2.40. The summed E-state index contributed by atoms with van der Waals surface area (Å²) in [4.78, 5) is 20.3. The normalized spacial score (nSPS) is 16.6. The summed E-state index contributed by atoms with van der Waals surface area (Å²) in [5, 5.41) is 3.83. The zero-order valence-corrected chi connectivity index (χ0v) is 20.1. The monoisotopic (exact) mass is 472 g/mol. The molecule has 4 aromatic rings. The highest BCUT2D eigenvalue weighted by Gasteiger charge is 2.27. The van der Waals surface area contributed by atoms with Gasteiger partial charge in [-0.05, 0) is 68.3 Å². The van der Waals surface area contributed by atoms with Gasteiger partial charge in [-0.2, -0.15) is 0 Å². The molecule has 1 N–H and O–H groups in total. The number of hydrogen-bond acceptors (Lipinski definition) is 3. The van der Waals surface area contributed by atoms with Crippen LogP contribution in [0.1, 0.15) is 29.8 Å². The van der Waals surface area contributed by atoms with Gasteiger partial charge in [0.05, 0.1) is 23.5 Å². The standard InChI is InChI=1S/C28H29ClN4O/c1-20-8-14-24(15-9-20)30-28(34)22-5-4-16-32(18-22)19-27-31-25-6-2-3-7-26(25)33(27)17-21-10-12-23(29)13-11-21/h2-3,6-15,22H,4-5,16-19H2,1H3,(H,30,34)/t22-/m0/s1. The fourth-order valence-corrected chi connectivity index (χ4v) is 4.82. The first-order valence-electron chi connectivity index (χ1n) is 11.8. The number of hydrogen-bond donors (Lipinski definition) is 1. The molecule has 174 valence electrons. The van der Waals surface area contributed by atoms with Gasteiger partial charge in [0.15, 0.2) is 0 Å². The molecule has 6 heteroatoms. The van der Waals surface area contributed by atoms with Crippen LogP contribution in [0.4, 0.5) is 5.69 Å². The molecule has 2 heterocycles. The average Bonchev–Trinajstić information content (AvgIpc) is 3.19. The number of fused-ring (bicyclic) bond motifs is 1. The van der Waals surface area contributed by atoms with E-state index in [1.54, 1.807) is 0 Å². The number of nitrogens with one attached hydrogen (secondary N) is 1. The predicted octanol–water partition coefficient (Wildman–Crippen LogP) is 5.90. The van der Waals surface area contributed by atoms with E-state index < -0.39 is 0 Å². The fraction of sp³-hybridized carbons (Fsp3) is 0.286. The largest absolute Gasteiger partial charge is 0.326 e. The van der Waals surface area contributed by atoms with Gasteiger partial charge in [0.25, 0.3) is 0 Å². The van der Waals surface area contributed by atoms with Crippen LogP contribution in [-0.2, 0) is 17.9 Å². The number of nitrogens with zero attached hydrogens (tertiary/aromatic N) is 3. The Balaban J connectivity index is 1.32. The summed E-state index contributed by atoms with van der Waals surface area (Å²) < 4.78 is 2.29. The Bertz CT molecular complexity index is 1280. The van der Waals surface area contributed by atoms with E-state index in [-0.39, 0.29) is 11.8 Å². The maximum absolute atomic E-state index is 13.0. The van der Waals surface area contributed by atoms with E-state index in [0.29, 0.717) is 0 Å². The lowest BCUT2D eigenvalue weighted by molar-refractivity contribution is -0.121. The van der Waals surface area contributed by atoms with Crippen LogP contribution in [0.3, 0.4) is 0 Å². The van der Waals surface area contributed by atoms with Crippen LogP contribution in [0, 0.1) is 12.8 Å². The highest BCUT2D eigenvalue weighted by Crippen LogP contribution is 2.24. The molecule has 5 nitrogen and oxygen atoms in total. The Morgan fingerprint density at radius 1 is 1.03 bits per heavy atom. The molecule has 3 aromatic carbocycles. The zero-order valence-electron chi connectivity index (χ0n) is 19.4. The third-order valence-corrected chi connectivity index (χ3v) is 6.80. The predicted molar refractivity (Wildman–Crippen MR) is 138 cm³/mol. The number of likely N-dealkylation sites (tertiary alicyclic amines) is 1. The van der Waals surface area contributed by atoms with Gasteiger partial charge in [0, 0.05) is 23.8 Å². The SMILES string of the molecule is Cc1ccc(NC(=O)[C@H]2CCCN(Cc3nc4ccccc4n3Cc3ccc(Cl)cc3)C2)cc1. The Morgan fingerprint density at radius 2 is 1.79 bits per heavy atom. The topological polar surface area (TPSA) is 50.2 Å². The number of aromatic nitrogens is 2. The molecule has 0 aliphatic carbocycles. The smallest absolute Gasteiger partial charge is 0.228 e. The van der Waals surface area contributed by atoms with Crippen molar-refractivity contribution in [2.75, 3.05) is 18.4 Å². The van der Waals surface area contributed by atoms with Crippen LogP contribution in [-0.4, -0.2) is 33.4 Å². The second-order valence-corrected chi connectivity index (χ2v) is 9.60. The summed E-state index contributed by atoms with van der Waals surface area (Å²) in [5.41, 5.74) is 5.35. The summed E-state index contributed by atoms with van der Waals surface area (Å²) in [6.07, 6.45) is 1.92. The minimum absolute atomic E-state index is 0.0239. The minimum Gasteiger partial charge on any atom is -0.326 e. The lowest BCUT2D eigenvalue weighted by atomic mass is 9.97. The van der Waals surface area contributed by atoms with Gasteiger partial charge in [-0.25, -0.2) is 4.98 Å². The van der Waals surface area contributed by atoms with Crippen molar-refractivity contribution in [3.63, 3.8) is 0 Å². The third-order valence-electron chi connectivity index (χ3n) is 6.55. The summed E-state index contributed by atoms with van der Waals surface area (Å²) in [5.74, 6) is 1.10. The number of rotatable bonds is 6. The molecule has 1 atom stereocenters. The average molecular weight is 473 g/mol. The van der Waals surface area contributed by atoms with E-state index in [9.17, 15) is 4.79 Å². The van der Waals surface area contributed by atoms with Crippen LogP contribution in [0.25, 0.3) is 11.0 Å². The molecule has 0 spiro atoms. The molecule has 1 fully saturated rings. The highest BCUT2D eigenvalue weighted by atomic mass is 35.5. The van der Waals surface area contributed by atoms with Crippen molar-refractivity contribution in [1.82, 2.24) is 14.5 Å². The van der Waals surface area contributed by atoms with E-state index in [0.717, 1.165) is 66.6 Å². The Morgan fingerprint density at radius 3 is 2.59 bits per heavy atom. The van der Waals surface area contributed by atoms with E-state index >= 15 is 0 Å². The van der Waals surface area contributed by atoms with Gasteiger partial charge < -0.3 is 9.88 Å². The zero-order chi connectivity index (χ0) is 23.5. The Kier molecular flexibility index (Phi) is 6.66. The molecule has 1 aliphatic heterocycles. The second-order valence-electron chi connectivity index (χ2n) is 9.16. The van der Waals surface area contributed by atoms with Crippen molar-refractivity contribution in [2.45, 2.75) is 32.9 Å². The first-order chi connectivity index (χ1) is 16.5. The molecule has 0 radical (unpaired) electrons. The Hall–Kier alpha value is -3.15. The Labute approximate surface area is 205 Å². The summed E-state index contributed by atoms with van der Waals surface area (Å²) in [6.45, 7) is 5.21. The van der Waals surface area contributed by atoms with Crippen LogP contribution in [0.5, 0.6) is 0 Å². The van der Waals surface area contributed by atoms with Crippen molar-refractivity contribution in [3.8, 4) is 0 Å². The summed E-state index contributed by atoms with van der Waals surface area (Å²) in [6, 6.07) is 24.2. The number of amides is 1. The van der Waals surface area contributed by atoms with Crippen molar-refractivity contribution in [1.29, 1.82) is 0 Å². The van der Waals surface area contributed by atoms with E-state index in [4.69, 9.17) is 16.6 Å². The molecule has 0 saturated carbocycles. The van der Waals surface area contributed by atoms with Crippen LogP contribution >= 0.6 is 11.6 Å². The molecular weight excluding hydrogens is 444 g/mol. The van der Waals surface area contributed by atoms with Crippen molar-refractivity contribution in [2.24, 2.45) is 5.92 Å². The maximum atomic E-state index is 13.0. The van der Waals surface area contributed by atoms with Gasteiger partial charge >= 0.3 is 0 Å². The second kappa shape index (κ2) is 10.00. The van der Waals surface area contributed by atoms with Gasteiger partial charge in [0.1, 0.15) is 5.82 Å². The molecule has 5 rings (SSSR count). The number of imidazole rings is 1. The molecule has 1 aromatic heterocycles. The van der Waals surface area contributed by atoms with E-state index in [1.807, 2.05) is 49.4 Å². The van der Waals surface area contributed by atoms with E-state index in [1.165, 1.54) is 11.1 Å². The number of carbonyl (C=O) groups is 1. The molecule has 1 amide bonds. The van der Waals surface area contributed by atoms with Crippen LogP contribution in [0.2, 0.25) is 5.02 Å². The summed E-state index contributed by atoms with van der Waals surface area (Å²) >= 11 is 6.09. The van der Waals surface area contributed by atoms with Crippen molar-refractivity contribution in [3.05, 3.63) is 94.8 Å². The number of anilines is 1. The van der Waals surface area contributed by atoms with Crippen LogP contribution in [0.15, 0.2) is 72.8 Å². The molecular formula is C28H29ClN4O. The van der Waals surface area contributed by atoms with Crippen molar-refractivity contribution < 1.29 is 4.79 Å². The molecule has 0 bridgehead atoms. The van der Waals surface area contributed by atoms with Gasteiger partial charge in [-0.3, -0.25) is 9.69 Å². The van der Waals surface area contributed by atoms with Gasteiger partial charge in [-0.1, -0.05) is 53.6 Å². The summed E-state index contributed by atoms with van der Waals surface area (Å²) in [7, 11) is 0.